The lowest BCUT2D eigenvalue weighted by molar-refractivity contribution is 0.318. The highest BCUT2D eigenvalue weighted by Gasteiger charge is 2.37. The van der Waals surface area contributed by atoms with E-state index in [1.807, 2.05) is 0 Å². The predicted octanol–water partition coefficient (Wildman–Crippen LogP) is 1.87. The third kappa shape index (κ3) is 1.78. The van der Waals surface area contributed by atoms with Gasteiger partial charge in [-0.15, -0.1) is 0 Å². The van der Waals surface area contributed by atoms with E-state index in [4.69, 9.17) is 0 Å². The number of rotatable bonds is 2. The Morgan fingerprint density at radius 2 is 2.25 bits per heavy atom. The molecule has 0 spiro atoms. The molecule has 4 heteroatoms. The van der Waals surface area contributed by atoms with Crippen LogP contribution in [0.15, 0.2) is 18.3 Å². The van der Waals surface area contributed by atoms with Crippen LogP contribution in [0.3, 0.4) is 0 Å². The van der Waals surface area contributed by atoms with Crippen molar-refractivity contribution in [3.8, 4) is 0 Å². The van der Waals surface area contributed by atoms with Gasteiger partial charge in [0, 0.05) is 18.6 Å². The van der Waals surface area contributed by atoms with Crippen molar-refractivity contribution in [3.05, 3.63) is 24.1 Å². The van der Waals surface area contributed by atoms with Crippen LogP contribution in [0.25, 0.3) is 0 Å². The van der Waals surface area contributed by atoms with E-state index in [1.54, 1.807) is 6.07 Å². The Balaban J connectivity index is 1.68. The van der Waals surface area contributed by atoms with Crippen molar-refractivity contribution in [2.45, 2.75) is 31.3 Å². The fraction of sp³-hybridized carbons (Fsp3) is 0.583. The van der Waals surface area contributed by atoms with Crippen molar-refractivity contribution >= 4 is 5.82 Å². The minimum Gasteiger partial charge on any atom is -0.366 e. The van der Waals surface area contributed by atoms with E-state index >= 15 is 0 Å². The van der Waals surface area contributed by atoms with Crippen molar-refractivity contribution in [3.63, 3.8) is 0 Å². The molecule has 2 saturated heterocycles. The molecule has 16 heavy (non-hydrogen) atoms. The molecule has 0 bridgehead atoms. The SMILES string of the molecule is Fc1ccc(NC2CCN3CCCC23)nc1. The molecule has 0 aromatic carbocycles. The Labute approximate surface area is 94.7 Å². The molecular formula is C12H16FN3. The first kappa shape index (κ1) is 10.0. The van der Waals surface area contributed by atoms with Crippen LogP contribution < -0.4 is 5.32 Å². The molecule has 0 aliphatic carbocycles. The molecule has 2 fully saturated rings. The average molecular weight is 221 g/mol. The Kier molecular flexibility index (Phi) is 2.52. The molecule has 0 saturated carbocycles. The summed E-state index contributed by atoms with van der Waals surface area (Å²) in [5.41, 5.74) is 0. The van der Waals surface area contributed by atoms with Crippen LogP contribution in [0.4, 0.5) is 10.2 Å². The molecule has 0 radical (unpaired) electrons. The molecule has 86 valence electrons. The summed E-state index contributed by atoms with van der Waals surface area (Å²) in [5.74, 6) is 0.514. The summed E-state index contributed by atoms with van der Waals surface area (Å²) in [7, 11) is 0. The Bertz CT molecular complexity index is 365. The van der Waals surface area contributed by atoms with Crippen LogP contribution in [-0.2, 0) is 0 Å². The summed E-state index contributed by atoms with van der Waals surface area (Å²) in [6.45, 7) is 2.42. The smallest absolute Gasteiger partial charge is 0.141 e. The van der Waals surface area contributed by atoms with Gasteiger partial charge in [0.15, 0.2) is 0 Å². The Morgan fingerprint density at radius 1 is 1.31 bits per heavy atom. The van der Waals surface area contributed by atoms with Gasteiger partial charge in [0.2, 0.25) is 0 Å². The minimum atomic E-state index is -0.278. The number of hydrogen-bond donors (Lipinski definition) is 1. The zero-order chi connectivity index (χ0) is 11.0. The second kappa shape index (κ2) is 4.01. The molecule has 3 nitrogen and oxygen atoms in total. The second-order valence-electron chi connectivity index (χ2n) is 4.65. The van der Waals surface area contributed by atoms with Gasteiger partial charge < -0.3 is 5.32 Å². The second-order valence-corrected chi connectivity index (χ2v) is 4.65. The zero-order valence-corrected chi connectivity index (χ0v) is 9.19. The number of nitrogens with zero attached hydrogens (tertiary/aromatic N) is 2. The lowest BCUT2D eigenvalue weighted by atomic mass is 10.1. The molecule has 3 heterocycles. The molecule has 1 N–H and O–H groups in total. The van der Waals surface area contributed by atoms with Crippen LogP contribution in [-0.4, -0.2) is 35.1 Å². The third-order valence-electron chi connectivity index (χ3n) is 3.67. The Morgan fingerprint density at radius 3 is 3.06 bits per heavy atom. The molecule has 3 rings (SSSR count). The van der Waals surface area contributed by atoms with Crippen molar-refractivity contribution in [2.24, 2.45) is 0 Å². The molecule has 2 unspecified atom stereocenters. The number of pyridine rings is 1. The first-order chi connectivity index (χ1) is 7.83. The van der Waals surface area contributed by atoms with Gasteiger partial charge in [0.1, 0.15) is 11.6 Å². The fourth-order valence-corrected chi connectivity index (χ4v) is 2.90. The summed E-state index contributed by atoms with van der Waals surface area (Å²) >= 11 is 0. The lowest BCUT2D eigenvalue weighted by Crippen LogP contribution is -2.33. The van der Waals surface area contributed by atoms with Gasteiger partial charge in [-0.3, -0.25) is 4.90 Å². The molecule has 2 aliphatic heterocycles. The molecular weight excluding hydrogens is 205 g/mol. The summed E-state index contributed by atoms with van der Waals surface area (Å²) in [4.78, 5) is 6.59. The normalized spacial score (nSPS) is 29.3. The quantitative estimate of drug-likeness (QED) is 0.826. The monoisotopic (exact) mass is 221 g/mol. The molecule has 1 aromatic rings. The molecule has 0 amide bonds. The van der Waals surface area contributed by atoms with Crippen LogP contribution in [0, 0.1) is 5.82 Å². The standard InChI is InChI=1S/C12H16FN3/c13-9-3-4-12(14-8-9)15-10-5-7-16-6-1-2-11(10)16/h3-4,8,10-11H,1-2,5-7H2,(H,14,15). The van der Waals surface area contributed by atoms with Gasteiger partial charge in [-0.2, -0.15) is 0 Å². The number of halogens is 1. The van der Waals surface area contributed by atoms with Crippen LogP contribution >= 0.6 is 0 Å². The van der Waals surface area contributed by atoms with Crippen LogP contribution in [0.2, 0.25) is 0 Å². The highest BCUT2D eigenvalue weighted by Crippen LogP contribution is 2.29. The lowest BCUT2D eigenvalue weighted by Gasteiger charge is -2.21. The first-order valence-electron chi connectivity index (χ1n) is 5.95. The van der Waals surface area contributed by atoms with Gasteiger partial charge in [-0.25, -0.2) is 9.37 Å². The van der Waals surface area contributed by atoms with E-state index in [1.165, 1.54) is 44.6 Å². The molecule has 1 aromatic heterocycles. The highest BCUT2D eigenvalue weighted by atomic mass is 19.1. The van der Waals surface area contributed by atoms with Crippen LogP contribution in [0.5, 0.6) is 0 Å². The average Bonchev–Trinajstić information content (AvgIpc) is 2.86. The minimum absolute atomic E-state index is 0.278. The fourth-order valence-electron chi connectivity index (χ4n) is 2.90. The summed E-state index contributed by atoms with van der Waals surface area (Å²) in [5, 5.41) is 3.42. The number of aromatic nitrogens is 1. The number of nitrogens with one attached hydrogen (secondary N) is 1. The number of anilines is 1. The Hall–Kier alpha value is -1.16. The maximum Gasteiger partial charge on any atom is 0.141 e. The van der Waals surface area contributed by atoms with Crippen molar-refractivity contribution < 1.29 is 4.39 Å². The number of hydrogen-bond acceptors (Lipinski definition) is 3. The van der Waals surface area contributed by atoms with Crippen molar-refractivity contribution in [1.29, 1.82) is 0 Å². The summed E-state index contributed by atoms with van der Waals surface area (Å²) < 4.78 is 12.7. The number of fused-ring (bicyclic) bond motifs is 1. The molecule has 2 aliphatic rings. The van der Waals surface area contributed by atoms with Gasteiger partial charge in [-0.05, 0) is 37.9 Å². The topological polar surface area (TPSA) is 28.2 Å². The van der Waals surface area contributed by atoms with E-state index in [0.29, 0.717) is 12.1 Å². The van der Waals surface area contributed by atoms with E-state index in [2.05, 4.69) is 15.2 Å². The summed E-state index contributed by atoms with van der Waals surface area (Å²) in [6, 6.07) is 4.32. The van der Waals surface area contributed by atoms with Gasteiger partial charge in [0.05, 0.1) is 6.20 Å². The predicted molar refractivity (Wildman–Crippen MR) is 60.8 cm³/mol. The van der Waals surface area contributed by atoms with Crippen molar-refractivity contribution in [2.75, 3.05) is 18.4 Å². The maximum absolute atomic E-state index is 12.7. The third-order valence-corrected chi connectivity index (χ3v) is 3.67. The zero-order valence-electron chi connectivity index (χ0n) is 9.19. The van der Waals surface area contributed by atoms with E-state index in [0.717, 1.165) is 5.82 Å². The van der Waals surface area contributed by atoms with E-state index in [-0.39, 0.29) is 5.82 Å². The van der Waals surface area contributed by atoms with Crippen LogP contribution in [0.1, 0.15) is 19.3 Å². The summed E-state index contributed by atoms with van der Waals surface area (Å²) in [6.07, 6.45) is 5.02. The largest absolute Gasteiger partial charge is 0.366 e. The van der Waals surface area contributed by atoms with Gasteiger partial charge in [-0.1, -0.05) is 0 Å². The molecule has 2 atom stereocenters. The van der Waals surface area contributed by atoms with E-state index < -0.39 is 0 Å². The first-order valence-corrected chi connectivity index (χ1v) is 5.95. The van der Waals surface area contributed by atoms with E-state index in [9.17, 15) is 4.39 Å². The maximum atomic E-state index is 12.7. The highest BCUT2D eigenvalue weighted by molar-refractivity contribution is 5.36. The van der Waals surface area contributed by atoms with Gasteiger partial charge >= 0.3 is 0 Å². The van der Waals surface area contributed by atoms with Gasteiger partial charge in [0.25, 0.3) is 0 Å². The van der Waals surface area contributed by atoms with Crippen molar-refractivity contribution in [1.82, 2.24) is 9.88 Å².